The molecule has 0 aromatic carbocycles. The second-order valence-corrected chi connectivity index (χ2v) is 7.73. The zero-order chi connectivity index (χ0) is 17.7. The topological polar surface area (TPSA) is 52.1 Å². The molecule has 1 unspecified atom stereocenters. The Balaban J connectivity index is 1.84. The third kappa shape index (κ3) is 2.45. The number of terminal acetylenes is 1. The van der Waals surface area contributed by atoms with E-state index in [4.69, 9.17) is 16.1 Å². The predicted molar refractivity (Wildman–Crippen MR) is 97.0 cm³/mol. The molecule has 2 aliphatic rings. The van der Waals surface area contributed by atoms with Crippen LogP contribution in [0, 0.1) is 24.7 Å². The van der Waals surface area contributed by atoms with Gasteiger partial charge in [0, 0.05) is 18.7 Å². The van der Waals surface area contributed by atoms with E-state index in [9.17, 15) is 4.79 Å². The van der Waals surface area contributed by atoms with E-state index in [1.54, 1.807) is 30.7 Å². The fraction of sp³-hybridized carbons (Fsp3) is 0.350. The maximum Gasteiger partial charge on any atom is 0.177 e. The van der Waals surface area contributed by atoms with Gasteiger partial charge in [-0.1, -0.05) is 12.0 Å². The van der Waals surface area contributed by atoms with Gasteiger partial charge in [0.25, 0.3) is 0 Å². The fourth-order valence-electron chi connectivity index (χ4n) is 3.55. The third-order valence-corrected chi connectivity index (χ3v) is 6.47. The Morgan fingerprint density at radius 2 is 2.16 bits per heavy atom. The average Bonchev–Trinajstić information content (AvgIpc) is 3.30. The molecule has 126 valence electrons. The minimum absolute atomic E-state index is 0.0842. The Morgan fingerprint density at radius 1 is 1.36 bits per heavy atom. The average molecular weight is 350 g/mol. The van der Waals surface area contributed by atoms with E-state index in [1.807, 2.05) is 25.1 Å². The van der Waals surface area contributed by atoms with Crippen molar-refractivity contribution < 1.29 is 9.53 Å². The lowest BCUT2D eigenvalue weighted by molar-refractivity contribution is -0.124. The molecule has 0 aliphatic heterocycles. The summed E-state index contributed by atoms with van der Waals surface area (Å²) in [5.74, 6) is 2.64. The third-order valence-electron chi connectivity index (χ3n) is 5.13. The number of allylic oxidation sites excluding steroid dienone is 1. The van der Waals surface area contributed by atoms with Gasteiger partial charge >= 0.3 is 0 Å². The van der Waals surface area contributed by atoms with Gasteiger partial charge in [-0.3, -0.25) is 9.78 Å². The Hall–Kier alpha value is -2.29. The highest BCUT2D eigenvalue weighted by molar-refractivity contribution is 7.15. The standard InChI is InChI=1S/C20H18N2O2S/c1-4-14-11-20(24-3,12-19(8-9-19)17(14)23)18-22-13(2)16(25-18)15-7-5-6-10-21-15/h1,5-7,10-11H,8-9,12H2,2-3H3. The van der Waals surface area contributed by atoms with Crippen molar-refractivity contribution in [2.75, 3.05) is 7.11 Å². The van der Waals surface area contributed by atoms with Crippen molar-refractivity contribution >= 4 is 17.1 Å². The Morgan fingerprint density at radius 3 is 2.76 bits per heavy atom. The quantitative estimate of drug-likeness (QED) is 0.793. The van der Waals surface area contributed by atoms with Gasteiger partial charge < -0.3 is 4.74 Å². The molecule has 25 heavy (non-hydrogen) atoms. The zero-order valence-electron chi connectivity index (χ0n) is 14.2. The van der Waals surface area contributed by atoms with Gasteiger partial charge in [0.1, 0.15) is 10.6 Å². The van der Waals surface area contributed by atoms with Gasteiger partial charge in [0.15, 0.2) is 5.78 Å². The minimum atomic E-state index is -0.741. The number of thiazole rings is 1. The van der Waals surface area contributed by atoms with Crippen molar-refractivity contribution in [2.24, 2.45) is 5.41 Å². The number of carbonyl (C=O) groups is 1. The number of hydrogen-bond acceptors (Lipinski definition) is 5. The summed E-state index contributed by atoms with van der Waals surface area (Å²) >= 11 is 1.56. The van der Waals surface area contributed by atoms with E-state index in [1.165, 1.54) is 0 Å². The molecule has 4 nitrogen and oxygen atoms in total. The number of carbonyl (C=O) groups excluding carboxylic acids is 1. The van der Waals surface area contributed by atoms with E-state index < -0.39 is 5.60 Å². The number of Topliss-reactive ketones (excluding diaryl/α,β-unsaturated/α-hetero) is 1. The van der Waals surface area contributed by atoms with E-state index in [0.29, 0.717) is 12.0 Å². The lowest BCUT2D eigenvalue weighted by Gasteiger charge is -2.35. The summed E-state index contributed by atoms with van der Waals surface area (Å²) in [5, 5.41) is 0.833. The van der Waals surface area contributed by atoms with Gasteiger partial charge in [-0.25, -0.2) is 4.98 Å². The number of aryl methyl sites for hydroxylation is 1. The number of hydrogen-bond donors (Lipinski definition) is 0. The van der Waals surface area contributed by atoms with E-state index in [0.717, 1.165) is 34.1 Å². The number of rotatable bonds is 3. The van der Waals surface area contributed by atoms with Crippen molar-refractivity contribution in [1.29, 1.82) is 0 Å². The van der Waals surface area contributed by atoms with Crippen LogP contribution < -0.4 is 0 Å². The van der Waals surface area contributed by atoms with Crippen LogP contribution in [0.4, 0.5) is 0 Å². The van der Waals surface area contributed by atoms with Gasteiger partial charge in [-0.2, -0.15) is 0 Å². The summed E-state index contributed by atoms with van der Waals surface area (Å²) < 4.78 is 5.93. The molecule has 2 heterocycles. The number of ketones is 1. The number of aromatic nitrogens is 2. The molecule has 2 aliphatic carbocycles. The van der Waals surface area contributed by atoms with Gasteiger partial charge in [0.2, 0.25) is 0 Å². The van der Waals surface area contributed by atoms with Crippen LogP contribution >= 0.6 is 11.3 Å². The first-order chi connectivity index (χ1) is 12.0. The van der Waals surface area contributed by atoms with Gasteiger partial charge in [-0.05, 0) is 44.4 Å². The molecular formula is C20H18N2O2S. The van der Waals surface area contributed by atoms with E-state index in [2.05, 4.69) is 10.9 Å². The molecule has 1 fully saturated rings. The highest BCUT2D eigenvalue weighted by atomic mass is 32.1. The van der Waals surface area contributed by atoms with Gasteiger partial charge in [-0.15, -0.1) is 17.8 Å². The Bertz CT molecular complexity index is 919. The fourth-order valence-corrected chi connectivity index (χ4v) is 4.73. The summed E-state index contributed by atoms with van der Waals surface area (Å²) in [7, 11) is 1.66. The lowest BCUT2D eigenvalue weighted by Crippen LogP contribution is -2.38. The summed E-state index contributed by atoms with van der Waals surface area (Å²) in [6, 6.07) is 5.82. The van der Waals surface area contributed by atoms with Crippen molar-refractivity contribution in [1.82, 2.24) is 9.97 Å². The first-order valence-corrected chi connectivity index (χ1v) is 9.04. The molecule has 5 heteroatoms. The smallest absolute Gasteiger partial charge is 0.177 e. The number of pyridine rings is 1. The zero-order valence-corrected chi connectivity index (χ0v) is 15.0. The van der Waals surface area contributed by atoms with Crippen LogP contribution in [0.5, 0.6) is 0 Å². The molecule has 0 amide bonds. The van der Waals surface area contributed by atoms with E-state index in [-0.39, 0.29) is 11.2 Å². The highest BCUT2D eigenvalue weighted by Crippen LogP contribution is 2.59. The first kappa shape index (κ1) is 16.2. The van der Waals surface area contributed by atoms with Crippen LogP contribution in [0.15, 0.2) is 36.0 Å². The van der Waals surface area contributed by atoms with Crippen molar-refractivity contribution in [3.8, 4) is 22.9 Å². The van der Waals surface area contributed by atoms with Crippen LogP contribution in [-0.2, 0) is 15.1 Å². The lowest BCUT2D eigenvalue weighted by atomic mass is 9.76. The van der Waals surface area contributed by atoms with Crippen LogP contribution in [-0.4, -0.2) is 22.9 Å². The minimum Gasteiger partial charge on any atom is -0.367 e. The Kier molecular flexibility index (Phi) is 3.64. The number of ether oxygens (including phenoxy) is 1. The normalized spacial score (nSPS) is 24.0. The highest BCUT2D eigenvalue weighted by Gasteiger charge is 2.59. The maximum atomic E-state index is 12.6. The molecule has 1 saturated carbocycles. The first-order valence-electron chi connectivity index (χ1n) is 8.22. The SMILES string of the molecule is C#CC1=CC(OC)(c2nc(C)c(-c3ccccn3)s2)CC2(CC2)C1=O. The molecule has 1 atom stereocenters. The van der Waals surface area contributed by atoms with Gasteiger partial charge in [0.05, 0.1) is 21.8 Å². The largest absolute Gasteiger partial charge is 0.367 e. The maximum absolute atomic E-state index is 12.6. The molecule has 0 bridgehead atoms. The van der Waals surface area contributed by atoms with E-state index >= 15 is 0 Å². The second-order valence-electron chi connectivity index (χ2n) is 6.73. The molecule has 0 N–H and O–H groups in total. The van der Waals surface area contributed by atoms with Crippen molar-refractivity contribution in [3.63, 3.8) is 0 Å². The number of methoxy groups -OCH3 is 1. The van der Waals surface area contributed by atoms with Crippen LogP contribution in [0.3, 0.4) is 0 Å². The molecule has 2 aromatic rings. The summed E-state index contributed by atoms with van der Waals surface area (Å²) in [4.78, 5) is 22.8. The molecule has 4 rings (SSSR count). The molecule has 1 spiro atoms. The van der Waals surface area contributed by atoms with Crippen molar-refractivity contribution in [2.45, 2.75) is 31.8 Å². The van der Waals surface area contributed by atoms with Crippen LogP contribution in [0.2, 0.25) is 0 Å². The summed E-state index contributed by atoms with van der Waals surface area (Å²) in [6.07, 6.45) is 11.5. The van der Waals surface area contributed by atoms with Crippen molar-refractivity contribution in [3.05, 3.63) is 46.7 Å². The predicted octanol–water partition coefficient (Wildman–Crippen LogP) is 3.67. The molecule has 0 radical (unpaired) electrons. The summed E-state index contributed by atoms with van der Waals surface area (Å²) in [6.45, 7) is 1.97. The molecule has 2 aromatic heterocycles. The molecular weight excluding hydrogens is 332 g/mol. The second kappa shape index (κ2) is 5.62. The van der Waals surface area contributed by atoms with Crippen LogP contribution in [0.1, 0.15) is 30.0 Å². The Labute approximate surface area is 151 Å². The monoisotopic (exact) mass is 350 g/mol. The number of nitrogens with zero attached hydrogens (tertiary/aromatic N) is 2. The summed E-state index contributed by atoms with van der Waals surface area (Å²) in [5.41, 5.74) is 1.11. The van der Waals surface area contributed by atoms with Crippen LogP contribution in [0.25, 0.3) is 10.6 Å². The molecule has 0 saturated heterocycles.